The molecule has 20 heavy (non-hydrogen) atoms. The molecular weight excluding hydrogens is 280 g/mol. The van der Waals surface area contributed by atoms with Gasteiger partial charge in [-0.3, -0.25) is 0 Å². The molecule has 0 aliphatic heterocycles. The van der Waals surface area contributed by atoms with Crippen LogP contribution in [-0.4, -0.2) is 40.5 Å². The number of para-hydroxylation sites is 1. The Morgan fingerprint density at radius 1 is 1.30 bits per heavy atom. The number of nitrogens with zero attached hydrogens (tertiary/aromatic N) is 4. The van der Waals surface area contributed by atoms with Gasteiger partial charge >= 0.3 is 5.63 Å². The molecule has 0 aliphatic rings. The average Bonchev–Trinajstić information content (AvgIpc) is 2.81. The second kappa shape index (κ2) is 5.60. The highest BCUT2D eigenvalue weighted by Gasteiger charge is 2.14. The second-order valence-electron chi connectivity index (χ2n) is 4.70. The van der Waals surface area contributed by atoms with E-state index in [-0.39, 0.29) is 17.9 Å². The molecule has 0 atom stereocenters. The van der Waals surface area contributed by atoms with Crippen LogP contribution in [0.25, 0.3) is 22.0 Å². The zero-order chi connectivity index (χ0) is 13.4. The Hall–Kier alpha value is -1.92. The Kier molecular flexibility index (Phi) is 4.06. The van der Waals surface area contributed by atoms with Crippen LogP contribution >= 0.6 is 0 Å². The van der Waals surface area contributed by atoms with Gasteiger partial charge in [-0.25, -0.2) is 9.48 Å². The maximum atomic E-state index is 11.9. The molecule has 2 heterocycles. The first-order valence-electron chi connectivity index (χ1n) is 6.06. The van der Waals surface area contributed by atoms with E-state index in [4.69, 9.17) is 4.42 Å². The first-order valence-corrected chi connectivity index (χ1v) is 6.06. The third kappa shape index (κ3) is 2.39. The minimum Gasteiger partial charge on any atom is -1.00 e. The van der Waals surface area contributed by atoms with Crippen LogP contribution in [0.3, 0.4) is 0 Å². The van der Waals surface area contributed by atoms with Crippen LogP contribution in [0.5, 0.6) is 0 Å². The molecule has 0 fully saturated rings. The molecule has 0 aliphatic carbocycles. The monoisotopic (exact) mass is 293 g/mol. The van der Waals surface area contributed by atoms with Crippen LogP contribution in [0, 0.1) is 0 Å². The lowest BCUT2D eigenvalue weighted by molar-refractivity contribution is -0.00000453. The van der Waals surface area contributed by atoms with E-state index in [9.17, 15) is 4.79 Å². The Balaban J connectivity index is 0.00000147. The van der Waals surface area contributed by atoms with Crippen molar-refractivity contribution in [3.63, 3.8) is 0 Å². The summed E-state index contributed by atoms with van der Waals surface area (Å²) in [6.45, 7) is 1.50. The summed E-state index contributed by atoms with van der Waals surface area (Å²) in [5, 5.41) is 8.85. The standard InChI is InChI=1S/C13H14N4O2.ClH/c1-16(2)7-8-17-12-9-5-3-4-6-10(9)19-13(18)11(12)14-15-17;/h3-6H,7-8H2,1-2H3;1H/p-1. The molecule has 0 spiro atoms. The van der Waals surface area contributed by atoms with E-state index in [1.165, 1.54) is 0 Å². The van der Waals surface area contributed by atoms with Crippen LogP contribution in [0.1, 0.15) is 0 Å². The van der Waals surface area contributed by atoms with E-state index < -0.39 is 5.63 Å². The average molecular weight is 294 g/mol. The molecule has 0 saturated heterocycles. The fourth-order valence-electron chi connectivity index (χ4n) is 2.07. The van der Waals surface area contributed by atoms with E-state index in [0.29, 0.717) is 12.1 Å². The smallest absolute Gasteiger partial charge is 0.366 e. The van der Waals surface area contributed by atoms with Crippen molar-refractivity contribution in [1.82, 2.24) is 19.9 Å². The summed E-state index contributed by atoms with van der Waals surface area (Å²) < 4.78 is 6.99. The largest absolute Gasteiger partial charge is 1.00 e. The topological polar surface area (TPSA) is 64.2 Å². The fraction of sp³-hybridized carbons (Fsp3) is 0.308. The molecule has 2 aromatic heterocycles. The lowest BCUT2D eigenvalue weighted by Gasteiger charge is -2.09. The number of likely N-dealkylation sites (N-methyl/N-ethyl adjacent to an activating group) is 1. The molecule has 1 aromatic carbocycles. The van der Waals surface area contributed by atoms with Gasteiger partial charge in [0.25, 0.3) is 0 Å². The van der Waals surface area contributed by atoms with Gasteiger partial charge in [0.15, 0.2) is 5.52 Å². The predicted octanol–water partition coefficient (Wildman–Crippen LogP) is -1.90. The van der Waals surface area contributed by atoms with E-state index >= 15 is 0 Å². The van der Waals surface area contributed by atoms with Gasteiger partial charge in [-0.05, 0) is 26.2 Å². The minimum atomic E-state index is -0.440. The molecule has 3 aromatic rings. The lowest BCUT2D eigenvalue weighted by Crippen LogP contribution is -3.00. The quantitative estimate of drug-likeness (QED) is 0.528. The van der Waals surface area contributed by atoms with Gasteiger partial charge in [0, 0.05) is 11.9 Å². The number of fused-ring (bicyclic) bond motifs is 3. The summed E-state index contributed by atoms with van der Waals surface area (Å²) in [6.07, 6.45) is 0. The summed E-state index contributed by atoms with van der Waals surface area (Å²) in [5.41, 5.74) is 1.16. The Labute approximate surface area is 121 Å². The van der Waals surface area contributed by atoms with Crippen molar-refractivity contribution in [1.29, 1.82) is 0 Å². The van der Waals surface area contributed by atoms with Crippen molar-refractivity contribution in [2.75, 3.05) is 20.6 Å². The Morgan fingerprint density at radius 2 is 2.05 bits per heavy atom. The number of aromatic nitrogens is 3. The third-order valence-corrected chi connectivity index (χ3v) is 3.03. The summed E-state index contributed by atoms with van der Waals surface area (Å²) in [7, 11) is 3.98. The second-order valence-corrected chi connectivity index (χ2v) is 4.70. The van der Waals surface area contributed by atoms with Crippen LogP contribution in [-0.2, 0) is 6.54 Å². The summed E-state index contributed by atoms with van der Waals surface area (Å²) in [5.74, 6) is 0. The van der Waals surface area contributed by atoms with Crippen molar-refractivity contribution in [2.24, 2.45) is 0 Å². The molecule has 0 bridgehead atoms. The van der Waals surface area contributed by atoms with Crippen LogP contribution in [0.15, 0.2) is 33.5 Å². The van der Waals surface area contributed by atoms with Crippen LogP contribution in [0.4, 0.5) is 0 Å². The molecule has 106 valence electrons. The van der Waals surface area contributed by atoms with Gasteiger partial charge in [-0.15, -0.1) is 5.10 Å². The molecule has 0 N–H and O–H groups in total. The lowest BCUT2D eigenvalue weighted by atomic mass is 10.2. The molecule has 6 nitrogen and oxygen atoms in total. The number of hydrogen-bond donors (Lipinski definition) is 0. The van der Waals surface area contributed by atoms with Gasteiger partial charge < -0.3 is 21.7 Å². The van der Waals surface area contributed by atoms with Crippen molar-refractivity contribution in [2.45, 2.75) is 6.54 Å². The van der Waals surface area contributed by atoms with E-state index in [2.05, 4.69) is 15.2 Å². The molecule has 0 radical (unpaired) electrons. The number of hydrogen-bond acceptors (Lipinski definition) is 5. The highest BCUT2D eigenvalue weighted by Crippen LogP contribution is 2.20. The third-order valence-electron chi connectivity index (χ3n) is 3.03. The van der Waals surface area contributed by atoms with Crippen molar-refractivity contribution in [3.05, 3.63) is 34.7 Å². The number of halogens is 1. The molecular formula is C13H14ClN4O2-. The van der Waals surface area contributed by atoms with Gasteiger partial charge in [0.05, 0.1) is 6.54 Å². The van der Waals surface area contributed by atoms with Gasteiger partial charge in [-0.1, -0.05) is 17.3 Å². The van der Waals surface area contributed by atoms with Gasteiger partial charge in [0.1, 0.15) is 11.1 Å². The van der Waals surface area contributed by atoms with E-state index in [0.717, 1.165) is 17.4 Å². The van der Waals surface area contributed by atoms with Crippen molar-refractivity contribution >= 4 is 22.0 Å². The first kappa shape index (κ1) is 14.5. The normalized spacial score (nSPS) is 11.2. The SMILES string of the molecule is CN(C)CCn1nnc2c(=O)oc3ccccc3c21.[Cl-]. The Bertz CT molecular complexity index is 794. The summed E-state index contributed by atoms with van der Waals surface area (Å²) in [4.78, 5) is 13.9. The Morgan fingerprint density at radius 3 is 2.80 bits per heavy atom. The maximum Gasteiger partial charge on any atom is 0.366 e. The van der Waals surface area contributed by atoms with Gasteiger partial charge in [-0.2, -0.15) is 0 Å². The molecule has 0 unspecified atom stereocenters. The van der Waals surface area contributed by atoms with Crippen molar-refractivity contribution < 1.29 is 16.8 Å². The fourth-order valence-corrected chi connectivity index (χ4v) is 2.07. The molecule has 7 heteroatoms. The molecule has 0 amide bonds. The zero-order valence-corrected chi connectivity index (χ0v) is 12.0. The van der Waals surface area contributed by atoms with E-state index in [1.54, 1.807) is 10.7 Å². The summed E-state index contributed by atoms with van der Waals surface area (Å²) >= 11 is 0. The van der Waals surface area contributed by atoms with Crippen LogP contribution < -0.4 is 18.0 Å². The zero-order valence-electron chi connectivity index (χ0n) is 11.2. The molecule has 0 saturated carbocycles. The predicted molar refractivity (Wildman–Crippen MR) is 72.1 cm³/mol. The minimum absolute atomic E-state index is 0. The van der Waals surface area contributed by atoms with Crippen LogP contribution in [0.2, 0.25) is 0 Å². The molecule has 3 rings (SSSR count). The highest BCUT2D eigenvalue weighted by molar-refractivity contribution is 6.00. The number of rotatable bonds is 3. The van der Waals surface area contributed by atoms with Crippen molar-refractivity contribution in [3.8, 4) is 0 Å². The highest BCUT2D eigenvalue weighted by atomic mass is 35.5. The summed E-state index contributed by atoms with van der Waals surface area (Å²) in [6, 6.07) is 7.44. The van der Waals surface area contributed by atoms with Gasteiger partial charge in [0.2, 0.25) is 0 Å². The first-order chi connectivity index (χ1) is 9.16. The maximum absolute atomic E-state index is 11.9. The number of benzene rings is 1. The van der Waals surface area contributed by atoms with E-state index in [1.807, 2.05) is 32.3 Å².